The maximum atomic E-state index is 12.0. The van der Waals surface area contributed by atoms with Crippen molar-refractivity contribution >= 4 is 17.4 Å². The van der Waals surface area contributed by atoms with Gasteiger partial charge >= 0.3 is 0 Å². The predicted molar refractivity (Wildman–Crippen MR) is 76.0 cm³/mol. The molecule has 0 atom stereocenters. The van der Waals surface area contributed by atoms with Crippen LogP contribution < -0.4 is 4.74 Å². The molecule has 2 nitrogen and oxygen atoms in total. The van der Waals surface area contributed by atoms with E-state index in [0.717, 1.165) is 28.9 Å². The summed E-state index contributed by atoms with van der Waals surface area (Å²) in [5.74, 6) is 1.54. The Morgan fingerprint density at radius 3 is 2.50 bits per heavy atom. The van der Waals surface area contributed by atoms with E-state index >= 15 is 0 Å². The molecule has 0 N–H and O–H groups in total. The van der Waals surface area contributed by atoms with Crippen LogP contribution in [0.4, 0.5) is 0 Å². The first kappa shape index (κ1) is 15.0. The van der Waals surface area contributed by atoms with Crippen LogP contribution in [0.1, 0.15) is 48.2 Å². The van der Waals surface area contributed by atoms with Crippen molar-refractivity contribution in [2.45, 2.75) is 46.6 Å². The van der Waals surface area contributed by atoms with E-state index in [9.17, 15) is 4.79 Å². The summed E-state index contributed by atoms with van der Waals surface area (Å²) in [5, 5.41) is 0. The summed E-state index contributed by atoms with van der Waals surface area (Å²) >= 11 is 5.61. The Kier molecular flexibility index (Phi) is 5.67. The van der Waals surface area contributed by atoms with E-state index in [2.05, 4.69) is 0 Å². The van der Waals surface area contributed by atoms with Crippen LogP contribution in [-0.4, -0.2) is 17.8 Å². The van der Waals surface area contributed by atoms with Gasteiger partial charge < -0.3 is 4.74 Å². The van der Waals surface area contributed by atoms with E-state index in [0.29, 0.717) is 12.3 Å². The minimum absolute atomic E-state index is 0.140. The van der Waals surface area contributed by atoms with E-state index in [4.69, 9.17) is 16.3 Å². The Balaban J connectivity index is 2.96. The zero-order valence-electron chi connectivity index (χ0n) is 11.5. The van der Waals surface area contributed by atoms with Gasteiger partial charge in [-0.25, -0.2) is 0 Å². The molecule has 0 saturated heterocycles. The molecular weight excluding hydrogens is 248 g/mol. The lowest BCUT2D eigenvalue weighted by Crippen LogP contribution is -2.09. The molecule has 18 heavy (non-hydrogen) atoms. The number of ether oxygens (including phenoxy) is 1. The van der Waals surface area contributed by atoms with Gasteiger partial charge in [-0.1, -0.05) is 0 Å². The number of Topliss-reactive ketones (excluding diaryl/α,β-unsaturated/α-hetero) is 1. The summed E-state index contributed by atoms with van der Waals surface area (Å²) in [6, 6.07) is 3.74. The molecule has 0 bridgehead atoms. The van der Waals surface area contributed by atoms with E-state index in [1.54, 1.807) is 0 Å². The Morgan fingerprint density at radius 1 is 1.28 bits per heavy atom. The van der Waals surface area contributed by atoms with Gasteiger partial charge in [0, 0.05) is 17.9 Å². The number of alkyl halides is 1. The number of rotatable bonds is 6. The number of ketones is 1. The maximum absolute atomic E-state index is 12.0. The smallest absolute Gasteiger partial charge is 0.163 e. The van der Waals surface area contributed by atoms with Gasteiger partial charge in [0.2, 0.25) is 0 Å². The molecule has 0 aliphatic carbocycles. The predicted octanol–water partition coefficient (Wildman–Crippen LogP) is 4.29. The van der Waals surface area contributed by atoms with Crippen LogP contribution >= 0.6 is 11.6 Å². The van der Waals surface area contributed by atoms with Crippen LogP contribution in [0, 0.1) is 13.8 Å². The van der Waals surface area contributed by atoms with Crippen molar-refractivity contribution in [2.24, 2.45) is 0 Å². The molecule has 3 heteroatoms. The molecule has 0 spiro atoms. The van der Waals surface area contributed by atoms with Gasteiger partial charge in [0.05, 0.1) is 6.10 Å². The van der Waals surface area contributed by atoms with Crippen molar-refractivity contribution in [3.63, 3.8) is 0 Å². The maximum Gasteiger partial charge on any atom is 0.163 e. The lowest BCUT2D eigenvalue weighted by Gasteiger charge is -2.16. The first-order valence-electron chi connectivity index (χ1n) is 6.33. The molecule has 0 fully saturated rings. The van der Waals surface area contributed by atoms with Gasteiger partial charge in [-0.15, -0.1) is 11.6 Å². The second-order valence-corrected chi connectivity index (χ2v) is 5.12. The zero-order chi connectivity index (χ0) is 13.7. The minimum Gasteiger partial charge on any atom is -0.491 e. The molecular formula is C15H21ClO2. The third-order valence-electron chi connectivity index (χ3n) is 2.94. The highest BCUT2D eigenvalue weighted by Crippen LogP contribution is 2.26. The molecule has 0 saturated carbocycles. The molecule has 100 valence electrons. The van der Waals surface area contributed by atoms with Gasteiger partial charge in [-0.05, 0) is 57.4 Å². The Morgan fingerprint density at radius 2 is 1.94 bits per heavy atom. The van der Waals surface area contributed by atoms with E-state index in [1.807, 2.05) is 39.8 Å². The fraction of sp³-hybridized carbons (Fsp3) is 0.533. The number of hydrogen-bond acceptors (Lipinski definition) is 2. The monoisotopic (exact) mass is 268 g/mol. The summed E-state index contributed by atoms with van der Waals surface area (Å²) in [5.41, 5.74) is 2.84. The zero-order valence-corrected chi connectivity index (χ0v) is 12.3. The van der Waals surface area contributed by atoms with Crippen LogP contribution in [-0.2, 0) is 0 Å². The van der Waals surface area contributed by atoms with Crippen LogP contribution in [0.5, 0.6) is 5.75 Å². The van der Waals surface area contributed by atoms with Crippen molar-refractivity contribution in [3.8, 4) is 5.75 Å². The van der Waals surface area contributed by atoms with Gasteiger partial charge in [0.1, 0.15) is 5.75 Å². The lowest BCUT2D eigenvalue weighted by molar-refractivity contribution is 0.0981. The molecule has 0 aliphatic rings. The summed E-state index contributed by atoms with van der Waals surface area (Å²) in [6.07, 6.45) is 1.37. The average Bonchev–Trinajstić information content (AvgIpc) is 2.31. The second kappa shape index (κ2) is 6.79. The fourth-order valence-corrected chi connectivity index (χ4v) is 1.98. The van der Waals surface area contributed by atoms with Crippen LogP contribution in [0.2, 0.25) is 0 Å². The SMILES string of the molecule is Cc1c(OC(C)C)ccc(C(=O)CCCCl)c1C. The number of hydrogen-bond donors (Lipinski definition) is 0. The van der Waals surface area contributed by atoms with Crippen molar-refractivity contribution in [1.82, 2.24) is 0 Å². The number of benzene rings is 1. The normalized spacial score (nSPS) is 10.8. The molecule has 0 aliphatic heterocycles. The van der Waals surface area contributed by atoms with E-state index in [-0.39, 0.29) is 11.9 Å². The summed E-state index contributed by atoms with van der Waals surface area (Å²) < 4.78 is 5.71. The molecule has 1 aromatic carbocycles. The number of halogens is 1. The van der Waals surface area contributed by atoms with Crippen molar-refractivity contribution in [2.75, 3.05) is 5.88 Å². The molecule has 0 aromatic heterocycles. The largest absolute Gasteiger partial charge is 0.491 e. The van der Waals surface area contributed by atoms with E-state index < -0.39 is 0 Å². The molecule has 1 aromatic rings. The van der Waals surface area contributed by atoms with E-state index in [1.165, 1.54) is 0 Å². The lowest BCUT2D eigenvalue weighted by atomic mass is 9.97. The van der Waals surface area contributed by atoms with Gasteiger partial charge in [-0.2, -0.15) is 0 Å². The Hall–Kier alpha value is -1.02. The fourth-order valence-electron chi connectivity index (χ4n) is 1.84. The minimum atomic E-state index is 0.140. The highest BCUT2D eigenvalue weighted by molar-refractivity contribution is 6.18. The van der Waals surface area contributed by atoms with Gasteiger partial charge in [0.25, 0.3) is 0 Å². The van der Waals surface area contributed by atoms with Crippen LogP contribution in [0.15, 0.2) is 12.1 Å². The standard InChI is InChI=1S/C15H21ClO2/c1-10(2)18-15-8-7-13(11(3)12(15)4)14(17)6-5-9-16/h7-8,10H,5-6,9H2,1-4H3. The number of carbonyl (C=O) groups excluding carboxylic acids is 1. The Bertz CT molecular complexity index is 425. The first-order valence-corrected chi connectivity index (χ1v) is 6.86. The highest BCUT2D eigenvalue weighted by atomic mass is 35.5. The average molecular weight is 269 g/mol. The third-order valence-corrected chi connectivity index (χ3v) is 3.21. The summed E-state index contributed by atoms with van der Waals surface area (Å²) in [6.45, 7) is 7.95. The molecule has 1 rings (SSSR count). The Labute approximate surface area is 114 Å². The topological polar surface area (TPSA) is 26.3 Å². The van der Waals surface area contributed by atoms with Gasteiger partial charge in [-0.3, -0.25) is 4.79 Å². The van der Waals surface area contributed by atoms with Crippen molar-refractivity contribution in [1.29, 1.82) is 0 Å². The quantitative estimate of drug-likeness (QED) is 0.568. The van der Waals surface area contributed by atoms with Gasteiger partial charge in [0.15, 0.2) is 5.78 Å². The second-order valence-electron chi connectivity index (χ2n) is 4.74. The van der Waals surface area contributed by atoms with Crippen LogP contribution in [0.3, 0.4) is 0 Å². The summed E-state index contributed by atoms with van der Waals surface area (Å²) in [7, 11) is 0. The van der Waals surface area contributed by atoms with Crippen LogP contribution in [0.25, 0.3) is 0 Å². The summed E-state index contributed by atoms with van der Waals surface area (Å²) in [4.78, 5) is 12.0. The number of carbonyl (C=O) groups is 1. The molecule has 0 radical (unpaired) electrons. The molecule has 0 unspecified atom stereocenters. The first-order chi connectivity index (χ1) is 8.47. The molecule has 0 heterocycles. The van der Waals surface area contributed by atoms with Crippen molar-refractivity contribution in [3.05, 3.63) is 28.8 Å². The highest BCUT2D eigenvalue weighted by Gasteiger charge is 2.13. The third kappa shape index (κ3) is 3.74. The van der Waals surface area contributed by atoms with Crippen molar-refractivity contribution < 1.29 is 9.53 Å². The molecule has 0 amide bonds.